The molecule has 0 radical (unpaired) electrons. The molecule has 15 heteroatoms. The number of ether oxygens (including phenoxy) is 3. The molecule has 2 aromatic rings. The Morgan fingerprint density at radius 1 is 0.778 bits per heavy atom. The number of nitrogens with one attached hydrogen (secondary N) is 1. The first-order chi connectivity index (χ1) is 25.6. The lowest BCUT2D eigenvalue weighted by molar-refractivity contribution is -0.166. The number of likely N-dealkylation sites (tertiary alicyclic amines) is 1. The van der Waals surface area contributed by atoms with Crippen molar-refractivity contribution in [2.75, 3.05) is 6.61 Å². The van der Waals surface area contributed by atoms with Gasteiger partial charge in [-0.2, -0.15) is 0 Å². The van der Waals surface area contributed by atoms with E-state index in [9.17, 15) is 48.9 Å². The van der Waals surface area contributed by atoms with Crippen LogP contribution in [-0.2, 0) is 38.2 Å². The summed E-state index contributed by atoms with van der Waals surface area (Å²) in [4.78, 5) is 85.8. The van der Waals surface area contributed by atoms with Crippen LogP contribution in [0.3, 0.4) is 0 Å². The SMILES string of the molecule is CCC[C@H](N[C@@H](C)C(=O)N1[C@H](C(=O)O)C[C@@H]2CCCC[C@@H]21)C(=O)OCC.Cc1ccc(C(=O)O[C@H](C(=O)O)[C@H](OC(=O)c2ccc(C)cc2)C(=O)O)cc1. The third-order valence-corrected chi connectivity index (χ3v) is 9.40. The van der Waals surface area contributed by atoms with Crippen molar-refractivity contribution in [1.29, 1.82) is 0 Å². The van der Waals surface area contributed by atoms with Crippen LogP contribution in [0.15, 0.2) is 48.5 Å². The zero-order valence-electron chi connectivity index (χ0n) is 31.2. The zero-order chi connectivity index (χ0) is 40.1. The van der Waals surface area contributed by atoms with E-state index < -0.39 is 60.2 Å². The number of hydrogen-bond donors (Lipinski definition) is 4. The van der Waals surface area contributed by atoms with Crippen molar-refractivity contribution in [2.24, 2.45) is 5.92 Å². The second-order valence-electron chi connectivity index (χ2n) is 13.5. The maximum atomic E-state index is 13.1. The van der Waals surface area contributed by atoms with E-state index in [2.05, 4.69) is 5.32 Å². The van der Waals surface area contributed by atoms with Crippen LogP contribution in [0, 0.1) is 19.8 Å². The number of rotatable bonds is 15. The highest BCUT2D eigenvalue weighted by atomic mass is 16.6. The number of carbonyl (C=O) groups is 7. The molecule has 2 aromatic carbocycles. The lowest BCUT2D eigenvalue weighted by atomic mass is 9.84. The summed E-state index contributed by atoms with van der Waals surface area (Å²) in [7, 11) is 0. The average molecular weight is 755 g/mol. The molecule has 1 heterocycles. The Morgan fingerprint density at radius 2 is 1.26 bits per heavy atom. The van der Waals surface area contributed by atoms with E-state index in [0.717, 1.165) is 43.2 Å². The number of esters is 3. The predicted octanol–water partition coefficient (Wildman–Crippen LogP) is 4.16. The van der Waals surface area contributed by atoms with Crippen LogP contribution in [0.2, 0.25) is 0 Å². The molecule has 15 nitrogen and oxygen atoms in total. The van der Waals surface area contributed by atoms with Crippen molar-refractivity contribution in [3.05, 3.63) is 70.8 Å². The van der Waals surface area contributed by atoms with Crippen molar-refractivity contribution in [3.8, 4) is 0 Å². The van der Waals surface area contributed by atoms with Gasteiger partial charge in [-0.3, -0.25) is 14.9 Å². The number of carboxylic acid groups (broad SMARTS) is 3. The van der Waals surface area contributed by atoms with Gasteiger partial charge in [-0.05, 0) is 83.6 Å². The van der Waals surface area contributed by atoms with Crippen LogP contribution in [0.25, 0.3) is 0 Å². The van der Waals surface area contributed by atoms with Gasteiger partial charge >= 0.3 is 35.8 Å². The summed E-state index contributed by atoms with van der Waals surface area (Å²) in [5, 5.41) is 31.3. The molecule has 0 spiro atoms. The molecule has 7 atom stereocenters. The molecular formula is C39H50N2O13. The molecule has 4 rings (SSSR count). The van der Waals surface area contributed by atoms with E-state index in [0.29, 0.717) is 19.4 Å². The van der Waals surface area contributed by atoms with Crippen LogP contribution in [-0.4, -0.2) is 105 Å². The Labute approximate surface area is 313 Å². The first kappa shape index (κ1) is 43.1. The van der Waals surface area contributed by atoms with Gasteiger partial charge in [-0.15, -0.1) is 0 Å². The largest absolute Gasteiger partial charge is 0.480 e. The van der Waals surface area contributed by atoms with Crippen molar-refractivity contribution < 1.29 is 63.1 Å². The maximum Gasteiger partial charge on any atom is 0.349 e. The van der Waals surface area contributed by atoms with E-state index in [4.69, 9.17) is 14.2 Å². The molecule has 1 saturated heterocycles. The van der Waals surface area contributed by atoms with Crippen LogP contribution in [0.4, 0.5) is 0 Å². The summed E-state index contributed by atoms with van der Waals surface area (Å²) in [6.45, 7) is 9.30. The lowest BCUT2D eigenvalue weighted by Crippen LogP contribution is -2.55. The Hall–Kier alpha value is -5.31. The highest BCUT2D eigenvalue weighted by molar-refractivity contribution is 5.95. The summed E-state index contributed by atoms with van der Waals surface area (Å²) >= 11 is 0. The number of fused-ring (bicyclic) bond motifs is 1. The molecule has 0 unspecified atom stereocenters. The fourth-order valence-corrected chi connectivity index (χ4v) is 6.62. The maximum absolute atomic E-state index is 13.1. The van der Waals surface area contributed by atoms with Crippen molar-refractivity contribution in [3.63, 3.8) is 0 Å². The molecule has 1 aliphatic carbocycles. The molecule has 2 aliphatic rings. The monoisotopic (exact) mass is 754 g/mol. The van der Waals surface area contributed by atoms with Crippen LogP contribution >= 0.6 is 0 Å². The second-order valence-corrected chi connectivity index (χ2v) is 13.5. The minimum atomic E-state index is -2.22. The topological polar surface area (TPSA) is 223 Å². The minimum absolute atomic E-state index is 0.00817. The number of aryl methyl sites for hydroxylation is 2. The van der Waals surface area contributed by atoms with Crippen LogP contribution < -0.4 is 5.32 Å². The minimum Gasteiger partial charge on any atom is -0.480 e. The van der Waals surface area contributed by atoms with Gasteiger partial charge in [0.15, 0.2) is 0 Å². The van der Waals surface area contributed by atoms with Crippen molar-refractivity contribution in [2.45, 2.75) is 116 Å². The van der Waals surface area contributed by atoms with E-state index in [1.54, 1.807) is 56.9 Å². The van der Waals surface area contributed by atoms with Gasteiger partial charge in [0.05, 0.1) is 23.8 Å². The van der Waals surface area contributed by atoms with E-state index in [1.165, 1.54) is 24.3 Å². The van der Waals surface area contributed by atoms with Gasteiger partial charge < -0.3 is 34.4 Å². The summed E-state index contributed by atoms with van der Waals surface area (Å²) in [6, 6.07) is 10.1. The molecule has 1 saturated carbocycles. The number of amides is 1. The standard InChI is InChI=1S/C20H18O8.C19H32N2O5/c1-11-3-7-13(8-4-11)19(25)27-15(17(21)22)16(18(23)24)28-20(26)14-9-5-12(2)6-10-14;1-4-8-14(19(25)26-5-2)20-12(3)17(22)21-15-10-7-6-9-13(15)11-16(21)18(23)24/h3-10,15-16H,1-2H3,(H,21,22)(H,23,24);12-16,20H,4-11H2,1-3H3,(H,23,24)/t15-,16-;12-,13-,14-,15-,16-/m00/s1. The number of carbonyl (C=O) groups excluding carboxylic acids is 4. The van der Waals surface area contributed by atoms with E-state index in [-0.39, 0.29) is 35.0 Å². The van der Waals surface area contributed by atoms with Gasteiger partial charge in [0, 0.05) is 6.04 Å². The average Bonchev–Trinajstić information content (AvgIpc) is 3.53. The smallest absolute Gasteiger partial charge is 0.349 e. The van der Waals surface area contributed by atoms with Gasteiger partial charge in [0.2, 0.25) is 18.1 Å². The Bertz CT molecular complexity index is 1570. The molecule has 294 valence electrons. The van der Waals surface area contributed by atoms with Gasteiger partial charge in [0.1, 0.15) is 12.1 Å². The molecule has 1 aliphatic heterocycles. The Kier molecular flexibility index (Phi) is 16.1. The first-order valence-corrected chi connectivity index (χ1v) is 18.1. The van der Waals surface area contributed by atoms with Crippen LogP contribution in [0.1, 0.15) is 97.6 Å². The van der Waals surface area contributed by atoms with Crippen molar-refractivity contribution in [1.82, 2.24) is 10.2 Å². The Balaban J connectivity index is 0.000000291. The third kappa shape index (κ3) is 11.6. The molecular weight excluding hydrogens is 704 g/mol. The quantitative estimate of drug-likeness (QED) is 0.148. The summed E-state index contributed by atoms with van der Waals surface area (Å²) in [6.07, 6.45) is 1.43. The Morgan fingerprint density at radius 3 is 1.69 bits per heavy atom. The first-order valence-electron chi connectivity index (χ1n) is 18.1. The van der Waals surface area contributed by atoms with Crippen LogP contribution in [0.5, 0.6) is 0 Å². The molecule has 2 fully saturated rings. The highest BCUT2D eigenvalue weighted by Crippen LogP contribution is 2.40. The van der Waals surface area contributed by atoms with Crippen molar-refractivity contribution >= 4 is 41.7 Å². The normalized spacial score (nSPS) is 19.7. The summed E-state index contributed by atoms with van der Waals surface area (Å²) < 4.78 is 14.7. The lowest BCUT2D eigenvalue weighted by Gasteiger charge is -2.35. The molecule has 0 aromatic heterocycles. The number of benzene rings is 2. The van der Waals surface area contributed by atoms with E-state index >= 15 is 0 Å². The predicted molar refractivity (Wildman–Crippen MR) is 193 cm³/mol. The van der Waals surface area contributed by atoms with Gasteiger partial charge in [-0.25, -0.2) is 24.0 Å². The molecule has 0 bridgehead atoms. The number of hydrogen-bond acceptors (Lipinski definition) is 11. The fraction of sp³-hybridized carbons (Fsp3) is 0.513. The van der Waals surface area contributed by atoms with E-state index in [1.807, 2.05) is 6.92 Å². The van der Waals surface area contributed by atoms with Gasteiger partial charge in [-0.1, -0.05) is 61.6 Å². The number of carboxylic acids is 3. The summed E-state index contributed by atoms with van der Waals surface area (Å²) in [5.74, 6) is -6.87. The molecule has 1 amide bonds. The third-order valence-electron chi connectivity index (χ3n) is 9.40. The van der Waals surface area contributed by atoms with Gasteiger partial charge in [0.25, 0.3) is 0 Å². The number of aliphatic carboxylic acids is 3. The molecule has 4 N–H and O–H groups in total. The summed E-state index contributed by atoms with van der Waals surface area (Å²) in [5.41, 5.74) is 1.79. The highest BCUT2D eigenvalue weighted by Gasteiger charge is 2.48. The zero-order valence-corrected chi connectivity index (χ0v) is 31.2. The second kappa shape index (κ2) is 20.2. The number of nitrogens with zero attached hydrogens (tertiary/aromatic N) is 1. The fourth-order valence-electron chi connectivity index (χ4n) is 6.62. The molecule has 54 heavy (non-hydrogen) atoms.